The Kier molecular flexibility index (Phi) is 17.0. The van der Waals surface area contributed by atoms with Crippen molar-refractivity contribution in [3.8, 4) is 61.6 Å². The fraction of sp³-hybridized carbons (Fsp3) is 0.105. The van der Waals surface area contributed by atoms with Gasteiger partial charge in [-0.15, -0.1) is 0 Å². The lowest BCUT2D eigenvalue weighted by Gasteiger charge is -2.45. The summed E-state index contributed by atoms with van der Waals surface area (Å²) in [6.45, 7) is 20.8. The highest BCUT2D eigenvalue weighted by molar-refractivity contribution is 7.00. The van der Waals surface area contributed by atoms with Gasteiger partial charge in [-0.2, -0.15) is 0 Å². The molecule has 2 aliphatic heterocycles. The summed E-state index contributed by atoms with van der Waals surface area (Å²) in [5, 5.41) is 7.22. The van der Waals surface area contributed by atoms with E-state index in [1.165, 1.54) is 65.7 Å². The van der Waals surface area contributed by atoms with Gasteiger partial charge in [0.05, 0.1) is 44.5 Å². The molecule has 5 heterocycles. The second-order valence-corrected chi connectivity index (χ2v) is 36.1. The number of hydrogen-bond donors (Lipinski definition) is 0. The van der Waals surface area contributed by atoms with Crippen molar-refractivity contribution >= 4 is 140 Å². The van der Waals surface area contributed by atoms with Crippen LogP contribution < -0.4 is 31.1 Å². The van der Waals surface area contributed by atoms with E-state index in [9.17, 15) is 0 Å². The second kappa shape index (κ2) is 28.2. The van der Waals surface area contributed by atoms with Crippen LogP contribution in [0, 0.1) is 0 Å². The van der Waals surface area contributed by atoms with Gasteiger partial charge in [-0.3, -0.25) is 0 Å². The van der Waals surface area contributed by atoms with Gasteiger partial charge in [-0.05, 0) is 234 Å². The first-order chi connectivity index (χ1) is 58.9. The first-order valence-corrected chi connectivity index (χ1v) is 42.6. The molecule has 20 aromatic rings. The number of nitrogens with zero attached hydrogens (tertiary/aromatic N) is 6. The molecule has 0 aliphatic carbocycles. The molecule has 121 heavy (non-hydrogen) atoms. The summed E-state index contributed by atoms with van der Waals surface area (Å²) < 4.78 is 7.65. The molecule has 0 unspecified atom stereocenters. The summed E-state index contributed by atoms with van der Waals surface area (Å²) in [6.07, 6.45) is 0. The van der Waals surface area contributed by atoms with Crippen LogP contribution in [-0.4, -0.2) is 20.4 Å². The number of rotatable bonds is 12. The lowest BCUT2D eigenvalue weighted by Crippen LogP contribution is -2.61. The van der Waals surface area contributed by atoms with Crippen molar-refractivity contribution in [1.29, 1.82) is 0 Å². The highest BCUT2D eigenvalue weighted by atomic mass is 15.2. The molecule has 0 fully saturated rings. The fourth-order valence-corrected chi connectivity index (χ4v) is 19.6. The quantitative estimate of drug-likeness (QED) is 0.114. The van der Waals surface area contributed by atoms with E-state index in [0.29, 0.717) is 0 Å². The van der Waals surface area contributed by atoms with Crippen LogP contribution in [0.25, 0.3) is 127 Å². The number of benzene rings is 17. The molecule has 0 N–H and O–H groups in total. The van der Waals surface area contributed by atoms with E-state index < -0.39 is 0 Å². The molecule has 22 rings (SSSR count). The molecule has 0 amide bonds. The van der Waals surface area contributed by atoms with Crippen molar-refractivity contribution in [2.75, 3.05) is 14.7 Å². The fourth-order valence-electron chi connectivity index (χ4n) is 19.6. The molecule has 7 heteroatoms. The standard InChI is InChI=1S/C114H91BN6/c1-112(2,3)80-52-59-103-95(65-80)96-66-81(113(4,5)6)53-60-104(96)118(103)86-54-57-98-106(70-86)120(88-63-78(74-34-16-10-17-35-74)62-79(64-88)75-36-18-11-19-37-75)108-72-89(119-102-51-33-30-48-92(102)97-69-85(56-61-105(97)119)116(83-42-24-14-25-43-83)84-44-26-15-27-45-84)73-109-110(108)115(98)99-58-55-87(117-100-49-31-28-46-90(100)91-47-29-32-50-101(91)117)71-107(99)121(109)111-93(76-38-20-12-21-39-76)67-82(114(7,8)9)68-94(111)77-40-22-13-23-41-77/h10-73H,1-9H3. The zero-order valence-corrected chi connectivity index (χ0v) is 69.7. The van der Waals surface area contributed by atoms with Crippen LogP contribution in [0.15, 0.2) is 388 Å². The Morgan fingerprint density at radius 1 is 0.223 bits per heavy atom. The molecule has 17 aromatic carbocycles. The van der Waals surface area contributed by atoms with Crippen LogP contribution >= 0.6 is 0 Å². The normalized spacial score (nSPS) is 12.8. The zero-order chi connectivity index (χ0) is 81.7. The molecule has 0 spiro atoms. The maximum Gasteiger partial charge on any atom is 0.252 e. The number of hydrogen-bond acceptors (Lipinski definition) is 3. The summed E-state index contributed by atoms with van der Waals surface area (Å²) in [5.74, 6) is 0. The Hall–Kier alpha value is -14.4. The van der Waals surface area contributed by atoms with E-state index in [1.54, 1.807) is 0 Å². The third-order valence-electron chi connectivity index (χ3n) is 25.6. The minimum absolute atomic E-state index is 0.0825. The van der Waals surface area contributed by atoms with Crippen LogP contribution in [0.2, 0.25) is 0 Å². The van der Waals surface area contributed by atoms with Gasteiger partial charge >= 0.3 is 0 Å². The largest absolute Gasteiger partial charge is 0.311 e. The Morgan fingerprint density at radius 2 is 0.570 bits per heavy atom. The Bertz CT molecular complexity index is 7220. The topological polar surface area (TPSA) is 24.5 Å². The second-order valence-electron chi connectivity index (χ2n) is 36.1. The van der Waals surface area contributed by atoms with Crippen molar-refractivity contribution in [1.82, 2.24) is 13.7 Å². The maximum atomic E-state index is 2.73. The minimum atomic E-state index is -0.317. The van der Waals surface area contributed by atoms with Gasteiger partial charge in [0.1, 0.15) is 0 Å². The zero-order valence-electron chi connectivity index (χ0n) is 69.7. The van der Waals surface area contributed by atoms with Crippen LogP contribution in [0.5, 0.6) is 0 Å². The molecule has 3 aromatic heterocycles. The summed E-state index contributed by atoms with van der Waals surface area (Å²) in [4.78, 5) is 7.80. The van der Waals surface area contributed by atoms with Crippen molar-refractivity contribution in [3.63, 3.8) is 0 Å². The first kappa shape index (κ1) is 73.0. The average Bonchev–Trinajstić information content (AvgIpc) is 1.52. The molecule has 6 nitrogen and oxygen atoms in total. The first-order valence-electron chi connectivity index (χ1n) is 42.6. The molecule has 0 saturated carbocycles. The van der Waals surface area contributed by atoms with Gasteiger partial charge in [0, 0.05) is 100 Å². The van der Waals surface area contributed by atoms with E-state index in [1.807, 2.05) is 0 Å². The highest BCUT2D eigenvalue weighted by Gasteiger charge is 2.46. The van der Waals surface area contributed by atoms with Crippen molar-refractivity contribution in [3.05, 3.63) is 405 Å². The molecule has 0 saturated heterocycles. The molecule has 0 radical (unpaired) electrons. The minimum Gasteiger partial charge on any atom is -0.311 e. The molecular formula is C114H91BN6. The van der Waals surface area contributed by atoms with Gasteiger partial charge in [-0.1, -0.05) is 299 Å². The Morgan fingerprint density at radius 3 is 1.01 bits per heavy atom. The SMILES string of the molecule is CC(C)(C)c1cc(-c2ccccc2)c(N2c3cc(-n4c5ccccc5c5ccccc54)ccc3B3c4ccc(-n5c6ccc(C(C)(C)C)cc6c6cc(C(C)(C)C)ccc65)cc4N(c4cc(-c5ccccc5)cc(-c5ccccc5)c4)c4cc(-n5c6ccccc6c6cc(N(c7ccccc7)c7ccccc7)ccc65)cc2c43)c(-c2ccccc2)c1. The summed E-state index contributed by atoms with van der Waals surface area (Å²) in [6, 6.07) is 147. The smallest absolute Gasteiger partial charge is 0.252 e. The van der Waals surface area contributed by atoms with E-state index in [0.717, 1.165) is 146 Å². The number of aromatic nitrogens is 3. The Labute approximate surface area is 708 Å². The third-order valence-corrected chi connectivity index (χ3v) is 25.6. The van der Waals surface area contributed by atoms with Gasteiger partial charge in [0.25, 0.3) is 6.71 Å². The van der Waals surface area contributed by atoms with E-state index >= 15 is 0 Å². The van der Waals surface area contributed by atoms with Crippen molar-refractivity contribution < 1.29 is 0 Å². The number of fused-ring (bicyclic) bond motifs is 13. The average molecular weight is 1560 g/mol. The molecular weight excluding hydrogens is 1460 g/mol. The predicted molar refractivity (Wildman–Crippen MR) is 516 cm³/mol. The lowest BCUT2D eigenvalue weighted by atomic mass is 9.33. The van der Waals surface area contributed by atoms with Crippen LogP contribution in [0.3, 0.4) is 0 Å². The van der Waals surface area contributed by atoms with Crippen molar-refractivity contribution in [2.24, 2.45) is 0 Å². The van der Waals surface area contributed by atoms with Gasteiger partial charge < -0.3 is 28.4 Å². The van der Waals surface area contributed by atoms with Gasteiger partial charge in [-0.25, -0.2) is 0 Å². The number of anilines is 9. The van der Waals surface area contributed by atoms with E-state index in [2.05, 4.69) is 479 Å². The summed E-state index contributed by atoms with van der Waals surface area (Å²) in [5.41, 5.74) is 35.8. The summed E-state index contributed by atoms with van der Waals surface area (Å²) >= 11 is 0. The number of para-hydroxylation sites is 5. The molecule has 2 aliphatic rings. The molecule has 580 valence electrons. The maximum absolute atomic E-state index is 2.73. The molecule has 0 atom stereocenters. The summed E-state index contributed by atoms with van der Waals surface area (Å²) in [7, 11) is 0. The molecule has 0 bridgehead atoms. The van der Waals surface area contributed by atoms with Crippen LogP contribution in [0.1, 0.15) is 79.0 Å². The van der Waals surface area contributed by atoms with E-state index in [4.69, 9.17) is 0 Å². The Balaban J connectivity index is 0.918. The lowest BCUT2D eigenvalue weighted by molar-refractivity contribution is 0.590. The predicted octanol–water partition coefficient (Wildman–Crippen LogP) is 29.1. The van der Waals surface area contributed by atoms with E-state index in [-0.39, 0.29) is 23.0 Å². The monoisotopic (exact) mass is 1550 g/mol. The van der Waals surface area contributed by atoms with Crippen molar-refractivity contribution in [2.45, 2.75) is 78.6 Å². The van der Waals surface area contributed by atoms with Crippen LogP contribution in [-0.2, 0) is 16.2 Å². The highest BCUT2D eigenvalue weighted by Crippen LogP contribution is 2.55. The van der Waals surface area contributed by atoms with Gasteiger partial charge in [0.2, 0.25) is 0 Å². The van der Waals surface area contributed by atoms with Gasteiger partial charge in [0.15, 0.2) is 0 Å². The van der Waals surface area contributed by atoms with Crippen LogP contribution in [0.4, 0.5) is 51.2 Å². The third kappa shape index (κ3) is 12.1.